The fraction of sp³-hybridized carbons (Fsp3) is 0.636. The molecular weight excluding hydrogens is 905 g/mol. The predicted octanol–water partition coefficient (Wildman–Crippen LogP) is 10.3. The molecule has 0 saturated heterocycles. The largest absolute Gasteiger partial charge is 2.00 e. The van der Waals surface area contributed by atoms with E-state index in [0.717, 1.165) is 88.6 Å². The maximum Gasteiger partial charge on any atom is 2.00 e. The Morgan fingerprint density at radius 2 is 0.538 bits per heavy atom. The summed E-state index contributed by atoms with van der Waals surface area (Å²) in [5, 5.41) is 0. The summed E-state index contributed by atoms with van der Waals surface area (Å²) in [6, 6.07) is 0. The van der Waals surface area contributed by atoms with Crippen LogP contribution in [-0.2, 0) is 76.5 Å². The molecule has 0 rings (SSSR count). The van der Waals surface area contributed by atoms with Crippen molar-refractivity contribution in [1.29, 1.82) is 0 Å². The Bertz CT molecular complexity index is 1370. The molecule has 0 N–H and O–H groups in total. The van der Waals surface area contributed by atoms with Crippen LogP contribution in [0, 0.1) is 0 Å². The molecule has 0 amide bonds. The normalized spacial score (nSPS) is 11.8. The fourth-order valence-corrected chi connectivity index (χ4v) is 6.82. The molecule has 21 heteroatoms. The summed E-state index contributed by atoms with van der Waals surface area (Å²) in [7, 11) is -10.8. The van der Waals surface area contributed by atoms with Gasteiger partial charge >= 0.3 is 46.9 Å². The van der Waals surface area contributed by atoms with Crippen molar-refractivity contribution in [2.24, 2.45) is 0 Å². The molecule has 0 radical (unpaired) electrons. The van der Waals surface area contributed by atoms with Crippen LogP contribution in [0.4, 0.5) is 0 Å². The maximum atomic E-state index is 11.4. The minimum absolute atomic E-state index is 0. The van der Waals surface area contributed by atoms with Gasteiger partial charge < -0.3 is 47.0 Å². The van der Waals surface area contributed by atoms with Crippen molar-refractivity contribution in [1.82, 2.24) is 0 Å². The molecule has 0 fully saturated rings. The van der Waals surface area contributed by atoms with Gasteiger partial charge in [0.05, 0.1) is 63.3 Å². The van der Waals surface area contributed by atoms with Crippen LogP contribution in [0.5, 0.6) is 0 Å². The van der Waals surface area contributed by atoms with Crippen LogP contribution in [0.3, 0.4) is 0 Å². The van der Waals surface area contributed by atoms with Gasteiger partial charge in [-0.15, -0.1) is 0 Å². The maximum absolute atomic E-state index is 11.4. The average molecular weight is 979 g/mol. The number of rotatable bonds is 46. The topological polar surface area (TPSA) is 225 Å². The van der Waals surface area contributed by atoms with Crippen molar-refractivity contribution in [3.63, 3.8) is 0 Å². The van der Waals surface area contributed by atoms with Crippen molar-refractivity contribution in [2.45, 2.75) is 166 Å². The number of hydrogen-bond donors (Lipinski definition) is 0. The van der Waals surface area contributed by atoms with E-state index in [1.54, 1.807) is 0 Å². The summed E-state index contributed by atoms with van der Waals surface area (Å²) in [4.78, 5) is 0. The number of unbranched alkanes of at least 4 members (excludes halogenated alkanes) is 18. The van der Waals surface area contributed by atoms with Crippen molar-refractivity contribution in [3.05, 3.63) is 103 Å². The van der Waals surface area contributed by atoms with Crippen molar-refractivity contribution in [3.8, 4) is 0 Å². The first kappa shape index (κ1) is 66.0. The minimum Gasteiger partial charge on any atom is -0.725 e. The van der Waals surface area contributed by atoms with Gasteiger partial charge in [0.25, 0.3) is 0 Å². The van der Waals surface area contributed by atoms with E-state index in [4.69, 9.17) is 47.4 Å². The van der Waals surface area contributed by atoms with Crippen LogP contribution in [0.2, 0.25) is 0 Å². The Hall–Kier alpha value is -3.25. The van der Waals surface area contributed by atoms with Gasteiger partial charge in [0.15, 0.2) is 0 Å². The molecule has 0 spiro atoms. The third-order valence-corrected chi connectivity index (χ3v) is 9.51. The first-order valence-electron chi connectivity index (χ1n) is 21.4. The van der Waals surface area contributed by atoms with Crippen molar-refractivity contribution >= 4 is 43.9 Å². The van der Waals surface area contributed by atoms with Crippen LogP contribution in [0.15, 0.2) is 103 Å². The summed E-state index contributed by atoms with van der Waals surface area (Å²) >= 11 is 0. The minimum atomic E-state index is -5.40. The summed E-state index contributed by atoms with van der Waals surface area (Å²) in [5.41, 5.74) is 0. The molecule has 0 aliphatic heterocycles. The van der Waals surface area contributed by atoms with E-state index < -0.39 is 44.7 Å². The van der Waals surface area contributed by atoms with Crippen LogP contribution < -0.4 is 0 Å². The fourth-order valence-electron chi connectivity index (χ4n) is 5.92. The molecule has 0 saturated carbocycles. The molecule has 0 bridgehead atoms. The molecule has 65 heavy (non-hydrogen) atoms. The molecule has 0 aromatic carbocycles. The van der Waals surface area contributed by atoms with Gasteiger partial charge in [0, 0.05) is 0 Å². The third kappa shape index (κ3) is 27.9. The van der Waals surface area contributed by atoms with E-state index in [0.29, 0.717) is 12.8 Å². The van der Waals surface area contributed by atoms with Crippen LogP contribution in [0.1, 0.15) is 142 Å². The second kappa shape index (κ2) is 38.8. The first-order valence-corrected chi connectivity index (χ1v) is 24.1. The molecule has 0 atom stereocenters. The zero-order chi connectivity index (χ0) is 48.7. The summed E-state index contributed by atoms with van der Waals surface area (Å²) in [6.07, 6.45) is 28.4. The SMILES string of the molecule is C=COC(OC=C)(OCCCCCCCCCCCC)C(OC=C)(OC=C)OS(=O)(=O)[O-].C=COC(OC=C)(OCCCCCCCCCCCC)C(OC=C)(OC=C)OS(=O)(=O)[O-].[Mg+2]. The predicted molar refractivity (Wildman–Crippen MR) is 244 cm³/mol. The number of ether oxygens (including phenoxy) is 10. The van der Waals surface area contributed by atoms with Gasteiger partial charge in [0.2, 0.25) is 20.8 Å². The molecule has 0 unspecified atom stereocenters. The Kier molecular flexibility index (Phi) is 39.4. The van der Waals surface area contributed by atoms with E-state index in [9.17, 15) is 25.9 Å². The van der Waals surface area contributed by atoms with E-state index >= 15 is 0 Å². The second-order valence-corrected chi connectivity index (χ2v) is 15.5. The van der Waals surface area contributed by atoms with E-state index in [1.807, 2.05) is 0 Å². The number of hydrogen-bond acceptors (Lipinski definition) is 18. The summed E-state index contributed by atoms with van der Waals surface area (Å²) in [5.74, 6) is -10.9. The second-order valence-electron chi connectivity index (χ2n) is 13.5. The van der Waals surface area contributed by atoms with Crippen LogP contribution in [0.25, 0.3) is 0 Å². The average Bonchev–Trinajstić information content (AvgIpc) is 3.21. The Labute approximate surface area is 405 Å². The Balaban J connectivity index is -0.00000116. The van der Waals surface area contributed by atoms with Gasteiger partial charge in [-0.2, -0.15) is 8.37 Å². The Morgan fingerprint density at radius 3 is 0.723 bits per heavy atom. The molecule has 0 aromatic heterocycles. The molecule has 372 valence electrons. The van der Waals surface area contributed by atoms with E-state index in [1.165, 1.54) is 77.0 Å². The monoisotopic (exact) mass is 978 g/mol. The van der Waals surface area contributed by atoms with Crippen LogP contribution >= 0.6 is 0 Å². The summed E-state index contributed by atoms with van der Waals surface area (Å²) < 4.78 is 130. The van der Waals surface area contributed by atoms with Crippen LogP contribution in [-0.4, -0.2) is 86.1 Å². The molecule has 0 aliphatic carbocycles. The smallest absolute Gasteiger partial charge is 0.725 e. The molecule has 0 aromatic rings. The first-order chi connectivity index (χ1) is 30.5. The zero-order valence-electron chi connectivity index (χ0n) is 38.7. The standard InChI is InChI=1S/2C22H38O9S.Mg/c2*1-6-11-12-13-14-15-16-17-18-19-20-30-21(26-7-2,27-8-3)22(28-9-4,29-10-5)31-32(23,24)25;/h2*7-10H,2-6,11-20H2,1H3,(H,23,24,25);/q;;+2/p-2. The zero-order valence-corrected chi connectivity index (χ0v) is 41.8. The molecule has 0 aliphatic rings. The van der Waals surface area contributed by atoms with Gasteiger partial charge in [-0.05, 0) is 12.8 Å². The molecular formula is C44H74MgO18S2. The van der Waals surface area contributed by atoms with Gasteiger partial charge in [-0.25, -0.2) is 16.8 Å². The van der Waals surface area contributed by atoms with Crippen molar-refractivity contribution < 1.29 is 81.7 Å². The van der Waals surface area contributed by atoms with Crippen molar-refractivity contribution in [2.75, 3.05) is 13.2 Å². The summed E-state index contributed by atoms with van der Waals surface area (Å²) in [6.45, 7) is 31.3. The van der Waals surface area contributed by atoms with Gasteiger partial charge in [-0.1, -0.05) is 182 Å². The quantitative estimate of drug-likeness (QED) is 0.0138. The molecule has 0 heterocycles. The third-order valence-electron chi connectivity index (χ3n) is 8.66. The molecule has 18 nitrogen and oxygen atoms in total. The van der Waals surface area contributed by atoms with Gasteiger partial charge in [-0.3, -0.25) is 9.47 Å². The van der Waals surface area contributed by atoms with E-state index in [-0.39, 0.29) is 36.3 Å². The Morgan fingerprint density at radius 1 is 0.354 bits per heavy atom. The van der Waals surface area contributed by atoms with Gasteiger partial charge in [0.1, 0.15) is 0 Å². The van der Waals surface area contributed by atoms with E-state index in [2.05, 4.69) is 74.8 Å².